The first-order valence-corrected chi connectivity index (χ1v) is 36.4. The van der Waals surface area contributed by atoms with Crippen LogP contribution in [0.5, 0.6) is 0 Å². The molecule has 0 aromatic carbocycles. The Morgan fingerprint density at radius 1 is 0.339 bits per heavy atom. The van der Waals surface area contributed by atoms with E-state index in [1.807, 2.05) is 0 Å². The van der Waals surface area contributed by atoms with E-state index in [9.17, 15) is 89.1 Å². The zero-order chi connectivity index (χ0) is 80.1. The van der Waals surface area contributed by atoms with Crippen molar-refractivity contribution in [1.29, 1.82) is 0 Å². The number of aliphatic carboxylic acids is 1. The van der Waals surface area contributed by atoms with Crippen molar-refractivity contribution in [2.45, 2.75) is 176 Å². The van der Waals surface area contributed by atoms with Crippen molar-refractivity contribution in [2.75, 3.05) is 191 Å². The summed E-state index contributed by atoms with van der Waals surface area (Å²) in [5, 5.41) is 120. The molecule has 632 valence electrons. The third-order valence-corrected chi connectivity index (χ3v) is 16.2. The van der Waals surface area contributed by atoms with E-state index in [0.717, 1.165) is 0 Å². The zero-order valence-corrected chi connectivity index (χ0v) is 62.2. The van der Waals surface area contributed by atoms with Crippen LogP contribution in [-0.4, -0.2) is 400 Å². The van der Waals surface area contributed by atoms with Crippen LogP contribution in [0.15, 0.2) is 0 Å². The Bertz CT molecular complexity index is 2550. The van der Waals surface area contributed by atoms with Gasteiger partial charge in [-0.2, -0.15) is 0 Å². The molecule has 8 amide bonds. The molecule has 0 bridgehead atoms. The van der Waals surface area contributed by atoms with Gasteiger partial charge in [-0.1, -0.05) is 0 Å². The van der Waals surface area contributed by atoms with Gasteiger partial charge in [0.1, 0.15) is 105 Å². The molecule has 0 aromatic rings. The third-order valence-electron chi connectivity index (χ3n) is 16.2. The lowest BCUT2D eigenvalue weighted by molar-refractivity contribution is -0.272. The summed E-state index contributed by atoms with van der Waals surface area (Å²) in [5.74, 6) is -5.38. The van der Waals surface area contributed by atoms with Crippen molar-refractivity contribution in [3.63, 3.8) is 0 Å². The van der Waals surface area contributed by atoms with Crippen LogP contribution in [-0.2, 0) is 119 Å². The molecule has 18 N–H and O–H groups in total. The minimum Gasteiger partial charge on any atom is -0.481 e. The Morgan fingerprint density at radius 2 is 0.642 bits per heavy atom. The summed E-state index contributed by atoms with van der Waals surface area (Å²) in [5.41, 5.74) is 0. The van der Waals surface area contributed by atoms with Crippen LogP contribution in [0.25, 0.3) is 0 Å². The molecule has 43 heteroatoms. The predicted octanol–water partition coefficient (Wildman–Crippen LogP) is -9.44. The summed E-state index contributed by atoms with van der Waals surface area (Å²) in [4.78, 5) is 112. The SMILES string of the molecule is CC(=O)N[C@H]1[C@H](OCCOCCOCCOCC(=O)NCCCC[C@H](NC(=O)COCCOCCOCCO[C@@H]2O[C@H](CO)[C@H](O)[C@H](O)[C@H]2NC(C)=O)C(=O)N[C@@H](CCCCNC(=O)COCCOCCOCCO[C@@H]2O[C@H](CO)[C@H](O)[C@H](O)[C@H]2NC(C)=O)C(=O)NCCCOCCC(=O)O)O[C@H](CO)[C@H](O)[C@@H]1O. The molecule has 109 heavy (non-hydrogen) atoms. The number of hydrogen-bond donors (Lipinski definition) is 18. The van der Waals surface area contributed by atoms with Gasteiger partial charge < -0.3 is 169 Å². The third kappa shape index (κ3) is 42.1. The second kappa shape index (κ2) is 59.0. The zero-order valence-electron chi connectivity index (χ0n) is 62.2. The number of aliphatic hydroxyl groups is 9. The Morgan fingerprint density at radius 3 is 0.972 bits per heavy atom. The average molecular weight is 1580 g/mol. The highest BCUT2D eigenvalue weighted by Gasteiger charge is 2.48. The number of aliphatic hydroxyl groups excluding tert-OH is 9. The number of hydrogen-bond acceptors (Lipinski definition) is 34. The summed E-state index contributed by atoms with van der Waals surface area (Å²) in [7, 11) is 0. The number of carbonyl (C=O) groups is 9. The van der Waals surface area contributed by atoms with E-state index in [0.29, 0.717) is 25.7 Å². The number of rotatable bonds is 63. The van der Waals surface area contributed by atoms with Gasteiger partial charge >= 0.3 is 5.97 Å². The number of unbranched alkanes of at least 4 members (excludes halogenated alkanes) is 2. The van der Waals surface area contributed by atoms with Crippen LogP contribution in [0, 0.1) is 0 Å². The number of carboxylic acid groups (broad SMARTS) is 1. The van der Waals surface area contributed by atoms with E-state index in [4.69, 9.17) is 80.9 Å². The first kappa shape index (κ1) is 97.4. The molecule has 0 unspecified atom stereocenters. The number of carbonyl (C=O) groups excluding carboxylic acids is 8. The molecule has 3 saturated heterocycles. The average Bonchev–Trinajstić information content (AvgIpc) is 0.822. The number of carboxylic acids is 1. The monoisotopic (exact) mass is 1580 g/mol. The van der Waals surface area contributed by atoms with Crippen LogP contribution in [0.2, 0.25) is 0 Å². The summed E-state index contributed by atoms with van der Waals surface area (Å²) in [6.07, 6.45) is -14.2. The van der Waals surface area contributed by atoms with Crippen molar-refractivity contribution in [1.82, 2.24) is 42.5 Å². The second-order valence-corrected chi connectivity index (χ2v) is 25.0. The van der Waals surface area contributed by atoms with Crippen LogP contribution >= 0.6 is 0 Å². The summed E-state index contributed by atoms with van der Waals surface area (Å²) >= 11 is 0. The number of nitrogens with one attached hydrogen (secondary N) is 8. The highest BCUT2D eigenvalue weighted by atomic mass is 16.7. The van der Waals surface area contributed by atoms with Gasteiger partial charge in [-0.3, -0.25) is 43.2 Å². The van der Waals surface area contributed by atoms with Gasteiger partial charge in [-0.15, -0.1) is 0 Å². The van der Waals surface area contributed by atoms with Gasteiger partial charge in [0.2, 0.25) is 47.3 Å². The normalized spacial score (nSPS) is 24.6. The molecule has 3 rings (SSSR count). The van der Waals surface area contributed by atoms with Gasteiger partial charge in [0.25, 0.3) is 0 Å². The lowest BCUT2D eigenvalue weighted by Crippen LogP contribution is -2.64. The summed E-state index contributed by atoms with van der Waals surface area (Å²) in [6, 6.07) is -5.66. The van der Waals surface area contributed by atoms with Crippen molar-refractivity contribution >= 4 is 53.2 Å². The summed E-state index contributed by atoms with van der Waals surface area (Å²) < 4.78 is 88.0. The maximum Gasteiger partial charge on any atom is 0.305 e. The van der Waals surface area contributed by atoms with Crippen molar-refractivity contribution in [3.05, 3.63) is 0 Å². The topological polar surface area (TPSA) is 600 Å². The van der Waals surface area contributed by atoms with Crippen LogP contribution in [0.4, 0.5) is 0 Å². The first-order valence-electron chi connectivity index (χ1n) is 36.4. The fourth-order valence-electron chi connectivity index (χ4n) is 10.6. The Labute approximate surface area is 631 Å². The van der Waals surface area contributed by atoms with Crippen molar-refractivity contribution in [3.8, 4) is 0 Å². The molecule has 3 aliphatic rings. The lowest BCUT2D eigenvalue weighted by atomic mass is 9.97. The maximum absolute atomic E-state index is 14.2. The maximum atomic E-state index is 14.2. The van der Waals surface area contributed by atoms with Gasteiger partial charge in [-0.25, -0.2) is 0 Å². The fourth-order valence-corrected chi connectivity index (χ4v) is 10.6. The highest BCUT2D eigenvalue weighted by Crippen LogP contribution is 2.25. The number of amides is 8. The highest BCUT2D eigenvalue weighted by molar-refractivity contribution is 5.92. The van der Waals surface area contributed by atoms with Crippen LogP contribution < -0.4 is 42.5 Å². The molecule has 0 spiro atoms. The minimum atomic E-state index is -1.48. The van der Waals surface area contributed by atoms with Crippen LogP contribution in [0.3, 0.4) is 0 Å². The van der Waals surface area contributed by atoms with E-state index in [-0.39, 0.29) is 191 Å². The molecule has 43 nitrogen and oxygen atoms in total. The van der Waals surface area contributed by atoms with E-state index < -0.39 is 184 Å². The molecule has 0 aromatic heterocycles. The molecule has 0 aliphatic carbocycles. The lowest BCUT2D eigenvalue weighted by Gasteiger charge is -2.42. The fraction of sp³-hybridized carbons (Fsp3) is 0.864. The smallest absolute Gasteiger partial charge is 0.305 e. The molecule has 3 aliphatic heterocycles. The quantitative estimate of drug-likeness (QED) is 0.0251. The number of ether oxygens (including phenoxy) is 16. The van der Waals surface area contributed by atoms with Crippen molar-refractivity contribution < 1.29 is 170 Å². The minimum absolute atomic E-state index is 0.0241. The first-order chi connectivity index (χ1) is 52.4. The van der Waals surface area contributed by atoms with Gasteiger partial charge in [0.15, 0.2) is 18.9 Å². The van der Waals surface area contributed by atoms with Crippen molar-refractivity contribution in [2.24, 2.45) is 0 Å². The van der Waals surface area contributed by atoms with Crippen LogP contribution in [0.1, 0.15) is 72.1 Å². The van der Waals surface area contributed by atoms with E-state index in [2.05, 4.69) is 42.5 Å². The van der Waals surface area contributed by atoms with E-state index in [1.54, 1.807) is 0 Å². The molecule has 0 saturated carbocycles. The molecule has 17 atom stereocenters. The molecule has 3 fully saturated rings. The molecule has 3 heterocycles. The van der Waals surface area contributed by atoms with Gasteiger partial charge in [0, 0.05) is 47.0 Å². The van der Waals surface area contributed by atoms with Gasteiger partial charge in [0.05, 0.1) is 152 Å². The predicted molar refractivity (Wildman–Crippen MR) is 370 cm³/mol. The Kier molecular flexibility index (Phi) is 52.8. The standard InChI is InChI=1S/C66H118N8O35/c1-41(78)70-53-59(89)56(86)46(35-75)107-64(53)104-32-29-98-20-17-95-23-26-101-38-49(81)67-12-6-4-9-44(62(92)69-14-8-15-94-16-11-52(84)85)74-63(93)45(73-51(83)40-103-28-25-97-19-22-100-31-34-106-66-55(72-43(3)80)61(91)58(88)48(37-77)109-66)10-5-7-13-68-50(82)39-102-27-24-96-18-21-99-30-33-105-65-54(71-42(2)79)60(90)57(87)47(36-76)108-65/h44-48,53-61,64-66,75-77,86-91H,4-40H2,1-3H3,(H,67,81)(H,68,82)(H,69,92)(H,70,78)(H,71,79)(H,72,80)(H,73,83)(H,74,93)(H,84,85)/t44-,45-,46+,47+,48+,53+,54+,55+,56-,57-,58-,59+,60+,61+,64+,65+,66+/m0/s1. The largest absolute Gasteiger partial charge is 0.481 e. The van der Waals surface area contributed by atoms with E-state index >= 15 is 0 Å². The molecular weight excluding hydrogens is 1460 g/mol. The molecular formula is C66H118N8O35. The Hall–Kier alpha value is -5.77. The van der Waals surface area contributed by atoms with E-state index in [1.165, 1.54) is 20.8 Å². The summed E-state index contributed by atoms with van der Waals surface area (Å²) in [6.45, 7) is 2.55. The molecule has 0 radical (unpaired) electrons. The second-order valence-electron chi connectivity index (χ2n) is 25.0. The Balaban J connectivity index is 1.47. The van der Waals surface area contributed by atoms with Gasteiger partial charge in [-0.05, 0) is 44.9 Å².